The van der Waals surface area contributed by atoms with E-state index >= 15 is 0 Å². The summed E-state index contributed by atoms with van der Waals surface area (Å²) in [5, 5.41) is 0. The molecule has 0 bridgehead atoms. The fraction of sp³-hybridized carbons (Fsp3) is 0.158. The van der Waals surface area contributed by atoms with E-state index in [0.29, 0.717) is 22.6 Å². The molecule has 0 N–H and O–H groups in total. The second-order valence-corrected chi connectivity index (χ2v) is 5.09. The first kappa shape index (κ1) is 15.8. The smallest absolute Gasteiger partial charge is 0.342 e. The Bertz CT molecular complexity index is 793. The van der Waals surface area contributed by atoms with E-state index in [1.165, 1.54) is 6.08 Å². The first-order chi connectivity index (χ1) is 11.7. The largest absolute Gasteiger partial charge is 0.462 e. The second-order valence-electron chi connectivity index (χ2n) is 5.09. The Balaban J connectivity index is 1.98. The molecule has 0 aliphatic carbocycles. The minimum Gasteiger partial charge on any atom is -0.462 e. The molecule has 1 heterocycles. The van der Waals surface area contributed by atoms with Crippen molar-refractivity contribution in [2.24, 2.45) is 0 Å². The summed E-state index contributed by atoms with van der Waals surface area (Å²) in [5.74, 6) is 0.189. The Kier molecular flexibility index (Phi) is 4.61. The quantitative estimate of drug-likeness (QED) is 0.278. The first-order valence-corrected chi connectivity index (χ1v) is 7.57. The van der Waals surface area contributed by atoms with E-state index in [1.807, 2.05) is 6.07 Å². The van der Waals surface area contributed by atoms with Gasteiger partial charge >= 0.3 is 5.97 Å². The summed E-state index contributed by atoms with van der Waals surface area (Å²) in [6.45, 7) is 2.05. The molecule has 122 valence electrons. The minimum atomic E-state index is -0.649. The Morgan fingerprint density at radius 3 is 2.58 bits per heavy atom. The number of ketones is 1. The maximum Gasteiger partial charge on any atom is 0.342 e. The topological polar surface area (TPSA) is 61.8 Å². The molecule has 0 aromatic heterocycles. The van der Waals surface area contributed by atoms with Crippen molar-refractivity contribution in [3.63, 3.8) is 0 Å². The van der Waals surface area contributed by atoms with Crippen LogP contribution in [0.15, 0.2) is 54.1 Å². The lowest BCUT2D eigenvalue weighted by molar-refractivity contribution is -0.137. The Labute approximate surface area is 139 Å². The molecule has 5 heteroatoms. The van der Waals surface area contributed by atoms with Crippen LogP contribution in [0.2, 0.25) is 0 Å². The number of rotatable bonds is 5. The van der Waals surface area contributed by atoms with Crippen LogP contribution in [0.5, 0.6) is 11.5 Å². The van der Waals surface area contributed by atoms with Crippen molar-refractivity contribution >= 4 is 17.8 Å². The fourth-order valence-corrected chi connectivity index (χ4v) is 2.34. The van der Waals surface area contributed by atoms with Gasteiger partial charge in [-0.2, -0.15) is 0 Å². The average molecular weight is 324 g/mol. The number of esters is 1. The van der Waals surface area contributed by atoms with Crippen molar-refractivity contribution in [3.8, 4) is 11.5 Å². The maximum absolute atomic E-state index is 12.7. The molecule has 0 radical (unpaired) electrons. The van der Waals surface area contributed by atoms with E-state index in [0.717, 1.165) is 0 Å². The van der Waals surface area contributed by atoms with Gasteiger partial charge in [0.05, 0.1) is 6.61 Å². The molecule has 0 atom stereocenters. The Morgan fingerprint density at radius 1 is 1.08 bits per heavy atom. The molecule has 3 rings (SSSR count). The zero-order valence-electron chi connectivity index (χ0n) is 13.2. The van der Waals surface area contributed by atoms with E-state index in [1.54, 1.807) is 49.4 Å². The summed E-state index contributed by atoms with van der Waals surface area (Å²) in [6.07, 6.45) is 1.51. The molecule has 24 heavy (non-hydrogen) atoms. The summed E-state index contributed by atoms with van der Waals surface area (Å²) in [7, 11) is 0. The van der Waals surface area contributed by atoms with Gasteiger partial charge in [-0.25, -0.2) is 4.79 Å². The normalized spacial score (nSPS) is 12.8. The van der Waals surface area contributed by atoms with Gasteiger partial charge in [0.15, 0.2) is 17.3 Å². The van der Waals surface area contributed by atoms with Crippen molar-refractivity contribution in [1.82, 2.24) is 0 Å². The number of fused-ring (bicyclic) bond motifs is 1. The average Bonchev–Trinajstić information content (AvgIpc) is 3.07. The third kappa shape index (κ3) is 3.30. The van der Waals surface area contributed by atoms with Gasteiger partial charge in [-0.15, -0.1) is 0 Å². The predicted molar refractivity (Wildman–Crippen MR) is 87.9 cm³/mol. The van der Waals surface area contributed by atoms with E-state index in [9.17, 15) is 9.59 Å². The number of hydrogen-bond acceptors (Lipinski definition) is 5. The molecule has 2 aromatic rings. The number of carbonyl (C=O) groups is 2. The van der Waals surface area contributed by atoms with Gasteiger partial charge in [-0.1, -0.05) is 36.4 Å². The van der Waals surface area contributed by atoms with Gasteiger partial charge in [-0.3, -0.25) is 4.79 Å². The number of carbonyl (C=O) groups excluding carboxylic acids is 2. The van der Waals surface area contributed by atoms with Crippen LogP contribution in [0.1, 0.15) is 22.8 Å². The number of ether oxygens (including phenoxy) is 3. The van der Waals surface area contributed by atoms with Gasteiger partial charge < -0.3 is 14.2 Å². The fourth-order valence-electron chi connectivity index (χ4n) is 2.34. The lowest BCUT2D eigenvalue weighted by Crippen LogP contribution is -2.16. The van der Waals surface area contributed by atoms with Crippen LogP contribution >= 0.6 is 0 Å². The third-order valence-electron chi connectivity index (χ3n) is 3.48. The van der Waals surface area contributed by atoms with Gasteiger partial charge in [0.25, 0.3) is 0 Å². The van der Waals surface area contributed by atoms with Crippen molar-refractivity contribution < 1.29 is 23.8 Å². The summed E-state index contributed by atoms with van der Waals surface area (Å²) in [4.78, 5) is 24.9. The van der Waals surface area contributed by atoms with Crippen LogP contribution < -0.4 is 9.47 Å². The van der Waals surface area contributed by atoms with Gasteiger partial charge in [0.1, 0.15) is 5.57 Å². The van der Waals surface area contributed by atoms with Crippen LogP contribution in [0, 0.1) is 0 Å². The highest BCUT2D eigenvalue weighted by Crippen LogP contribution is 2.33. The zero-order valence-corrected chi connectivity index (χ0v) is 13.2. The van der Waals surface area contributed by atoms with Gasteiger partial charge in [-0.05, 0) is 30.7 Å². The monoisotopic (exact) mass is 324 g/mol. The second kappa shape index (κ2) is 7.00. The van der Waals surface area contributed by atoms with Crippen molar-refractivity contribution in [2.45, 2.75) is 6.92 Å². The molecule has 5 nitrogen and oxygen atoms in total. The molecule has 1 aliphatic rings. The van der Waals surface area contributed by atoms with Crippen molar-refractivity contribution in [2.75, 3.05) is 13.4 Å². The van der Waals surface area contributed by atoms with Crippen LogP contribution in [0.4, 0.5) is 0 Å². The molecule has 0 amide bonds. The van der Waals surface area contributed by atoms with Crippen LogP contribution in [-0.2, 0) is 9.53 Å². The van der Waals surface area contributed by atoms with Crippen LogP contribution in [-0.4, -0.2) is 25.2 Å². The third-order valence-corrected chi connectivity index (χ3v) is 3.48. The van der Waals surface area contributed by atoms with Crippen molar-refractivity contribution in [1.29, 1.82) is 0 Å². The maximum atomic E-state index is 12.7. The number of hydrogen-bond donors (Lipinski definition) is 0. The summed E-state index contributed by atoms with van der Waals surface area (Å²) >= 11 is 0. The standard InChI is InChI=1S/C19H16O5/c1-2-22-19(21)15(18(20)14-6-4-3-5-7-14)10-13-8-9-16-17(11-13)24-12-23-16/h3-11H,2,12H2,1H3/b15-10-. The lowest BCUT2D eigenvalue weighted by atomic mass is 10.0. The van der Waals surface area contributed by atoms with Crippen LogP contribution in [0.3, 0.4) is 0 Å². The van der Waals surface area contributed by atoms with Crippen LogP contribution in [0.25, 0.3) is 6.08 Å². The molecule has 0 spiro atoms. The highest BCUT2D eigenvalue weighted by molar-refractivity contribution is 6.26. The minimum absolute atomic E-state index is 0.0260. The highest BCUT2D eigenvalue weighted by atomic mass is 16.7. The van der Waals surface area contributed by atoms with E-state index in [2.05, 4.69) is 0 Å². The van der Waals surface area contributed by atoms with E-state index < -0.39 is 5.97 Å². The number of benzene rings is 2. The van der Waals surface area contributed by atoms with E-state index in [-0.39, 0.29) is 24.8 Å². The van der Waals surface area contributed by atoms with Gasteiger partial charge in [0.2, 0.25) is 6.79 Å². The Morgan fingerprint density at radius 2 is 1.83 bits per heavy atom. The predicted octanol–water partition coefficient (Wildman–Crippen LogP) is 3.24. The SMILES string of the molecule is CCOC(=O)/C(=C\c1ccc2c(c1)OCO2)C(=O)c1ccccc1. The lowest BCUT2D eigenvalue weighted by Gasteiger charge is -2.07. The molecular formula is C19H16O5. The summed E-state index contributed by atoms with van der Waals surface area (Å²) in [6, 6.07) is 13.8. The molecule has 0 fully saturated rings. The van der Waals surface area contributed by atoms with Crippen molar-refractivity contribution in [3.05, 3.63) is 65.2 Å². The number of Topliss-reactive ketones (excluding diaryl/α,β-unsaturated/α-hetero) is 1. The summed E-state index contributed by atoms with van der Waals surface area (Å²) in [5.41, 5.74) is 1.06. The molecule has 2 aromatic carbocycles. The van der Waals surface area contributed by atoms with E-state index in [4.69, 9.17) is 14.2 Å². The highest BCUT2D eigenvalue weighted by Gasteiger charge is 2.22. The molecule has 1 aliphatic heterocycles. The Hall–Kier alpha value is -3.08. The summed E-state index contributed by atoms with van der Waals surface area (Å²) < 4.78 is 15.6. The van der Waals surface area contributed by atoms with Gasteiger partial charge in [0, 0.05) is 5.56 Å². The molecule has 0 saturated heterocycles. The first-order valence-electron chi connectivity index (χ1n) is 7.57. The molecule has 0 saturated carbocycles. The molecule has 0 unspecified atom stereocenters. The molecular weight excluding hydrogens is 308 g/mol. The zero-order chi connectivity index (χ0) is 16.9.